The smallest absolute Gasteiger partial charge is 0.471 e. The Balaban J connectivity index is 2.55. The summed E-state index contributed by atoms with van der Waals surface area (Å²) in [4.78, 5) is 41.1. The SMILES string of the molecule is C=CCn1c(O)c(C(C)=Nc2ccccc2NC(=O)C(F)(F)F)c(=O)[nH]c1=O. The molecule has 0 saturated carbocycles. The number of aromatic nitrogens is 2. The first kappa shape index (κ1) is 20.7. The Morgan fingerprint density at radius 1 is 1.36 bits per heavy atom. The molecular formula is C17H15F3N4O4. The van der Waals surface area contributed by atoms with Gasteiger partial charge >= 0.3 is 17.8 Å². The Morgan fingerprint density at radius 3 is 2.61 bits per heavy atom. The van der Waals surface area contributed by atoms with E-state index >= 15 is 0 Å². The first-order chi connectivity index (χ1) is 13.1. The molecule has 1 heterocycles. The average molecular weight is 396 g/mol. The summed E-state index contributed by atoms with van der Waals surface area (Å²) in [7, 11) is 0. The molecule has 11 heteroatoms. The summed E-state index contributed by atoms with van der Waals surface area (Å²) in [6, 6.07) is 5.34. The second kappa shape index (κ2) is 7.94. The fourth-order valence-electron chi connectivity index (χ4n) is 2.29. The number of benzene rings is 1. The molecule has 2 aromatic rings. The molecule has 3 N–H and O–H groups in total. The number of allylic oxidation sites excluding steroid dienone is 1. The highest BCUT2D eigenvalue weighted by Gasteiger charge is 2.39. The zero-order valence-corrected chi connectivity index (χ0v) is 14.5. The lowest BCUT2D eigenvalue weighted by molar-refractivity contribution is -0.167. The summed E-state index contributed by atoms with van der Waals surface area (Å²) in [6.45, 7) is 4.65. The zero-order chi connectivity index (χ0) is 21.1. The van der Waals surface area contributed by atoms with Crippen LogP contribution in [0.4, 0.5) is 24.5 Å². The predicted molar refractivity (Wildman–Crippen MR) is 96.2 cm³/mol. The molecule has 0 aliphatic rings. The third-order valence-electron chi connectivity index (χ3n) is 3.54. The van der Waals surface area contributed by atoms with E-state index in [9.17, 15) is 32.7 Å². The molecule has 0 saturated heterocycles. The molecule has 148 valence electrons. The number of hydrogen-bond donors (Lipinski definition) is 3. The topological polar surface area (TPSA) is 117 Å². The van der Waals surface area contributed by atoms with Crippen LogP contribution in [0.25, 0.3) is 0 Å². The number of rotatable bonds is 5. The minimum absolute atomic E-state index is 0.0853. The molecule has 0 aliphatic heterocycles. The van der Waals surface area contributed by atoms with Crippen molar-refractivity contribution in [2.45, 2.75) is 19.6 Å². The summed E-state index contributed by atoms with van der Waals surface area (Å²) >= 11 is 0. The van der Waals surface area contributed by atoms with Crippen molar-refractivity contribution in [1.29, 1.82) is 0 Å². The van der Waals surface area contributed by atoms with Crippen LogP contribution in [0.5, 0.6) is 5.88 Å². The average Bonchev–Trinajstić information content (AvgIpc) is 2.59. The van der Waals surface area contributed by atoms with Gasteiger partial charge in [-0.1, -0.05) is 18.2 Å². The standard InChI is InChI=1S/C17H15F3N4O4/c1-3-8-24-14(26)12(13(25)23-16(24)28)9(2)21-10-6-4-5-7-11(10)22-15(27)17(18,19)20/h3-7,26H,1,8H2,2H3,(H,22,27)(H,23,25,28). The lowest BCUT2D eigenvalue weighted by Crippen LogP contribution is -2.33. The highest BCUT2D eigenvalue weighted by atomic mass is 19.4. The maximum absolute atomic E-state index is 12.5. The van der Waals surface area contributed by atoms with Gasteiger partial charge in [-0.3, -0.25) is 24.1 Å². The summed E-state index contributed by atoms with van der Waals surface area (Å²) in [5, 5.41) is 11.9. The predicted octanol–water partition coefficient (Wildman–Crippen LogP) is 2.07. The minimum atomic E-state index is -5.10. The first-order valence-electron chi connectivity index (χ1n) is 7.76. The van der Waals surface area contributed by atoms with Crippen LogP contribution in [-0.2, 0) is 11.3 Å². The van der Waals surface area contributed by atoms with Gasteiger partial charge in [0.15, 0.2) is 0 Å². The lowest BCUT2D eigenvalue weighted by atomic mass is 10.2. The Labute approximate surface area is 155 Å². The second-order valence-corrected chi connectivity index (χ2v) is 5.52. The summed E-state index contributed by atoms with van der Waals surface area (Å²) in [5.41, 5.74) is -2.57. The molecule has 1 aromatic carbocycles. The molecule has 0 bridgehead atoms. The van der Waals surface area contributed by atoms with Gasteiger partial charge in [-0.15, -0.1) is 6.58 Å². The number of hydrogen-bond acceptors (Lipinski definition) is 5. The summed E-state index contributed by atoms with van der Waals surface area (Å²) < 4.78 is 38.3. The van der Waals surface area contributed by atoms with Gasteiger partial charge in [-0.25, -0.2) is 4.79 Å². The van der Waals surface area contributed by atoms with Gasteiger partial charge in [-0.05, 0) is 19.1 Å². The third-order valence-corrected chi connectivity index (χ3v) is 3.54. The Kier molecular flexibility index (Phi) is 5.87. The van der Waals surface area contributed by atoms with E-state index < -0.39 is 29.2 Å². The minimum Gasteiger partial charge on any atom is -0.494 e. The van der Waals surface area contributed by atoms with Crippen LogP contribution in [0.3, 0.4) is 0 Å². The lowest BCUT2D eigenvalue weighted by Gasteiger charge is -2.12. The van der Waals surface area contributed by atoms with Crippen molar-refractivity contribution in [2.75, 3.05) is 5.32 Å². The number of para-hydroxylation sites is 2. The van der Waals surface area contributed by atoms with E-state index in [4.69, 9.17) is 0 Å². The molecule has 0 radical (unpaired) electrons. The molecule has 0 unspecified atom stereocenters. The number of carbonyl (C=O) groups is 1. The van der Waals surface area contributed by atoms with Gasteiger partial charge in [0.05, 0.1) is 17.1 Å². The maximum atomic E-state index is 12.5. The van der Waals surface area contributed by atoms with Gasteiger partial charge < -0.3 is 10.4 Å². The normalized spacial score (nSPS) is 11.9. The van der Waals surface area contributed by atoms with E-state index in [0.717, 1.165) is 4.57 Å². The molecule has 1 amide bonds. The number of anilines is 1. The Bertz CT molecular complexity index is 1070. The van der Waals surface area contributed by atoms with Gasteiger partial charge in [0.1, 0.15) is 5.56 Å². The van der Waals surface area contributed by atoms with E-state index in [-0.39, 0.29) is 29.2 Å². The molecular weight excluding hydrogens is 381 g/mol. The fourth-order valence-corrected chi connectivity index (χ4v) is 2.29. The maximum Gasteiger partial charge on any atom is 0.471 e. The van der Waals surface area contributed by atoms with E-state index in [1.165, 1.54) is 37.3 Å². The van der Waals surface area contributed by atoms with Crippen molar-refractivity contribution in [3.8, 4) is 5.88 Å². The zero-order valence-electron chi connectivity index (χ0n) is 14.5. The summed E-state index contributed by atoms with van der Waals surface area (Å²) in [6.07, 6.45) is -3.78. The van der Waals surface area contributed by atoms with Crippen LogP contribution in [0, 0.1) is 0 Å². The number of amides is 1. The second-order valence-electron chi connectivity index (χ2n) is 5.52. The van der Waals surface area contributed by atoms with Crippen molar-refractivity contribution in [3.05, 3.63) is 63.3 Å². The molecule has 0 spiro atoms. The Morgan fingerprint density at radius 2 is 2.00 bits per heavy atom. The van der Waals surface area contributed by atoms with E-state index in [1.807, 2.05) is 4.98 Å². The molecule has 28 heavy (non-hydrogen) atoms. The number of nitrogens with one attached hydrogen (secondary N) is 2. The first-order valence-corrected chi connectivity index (χ1v) is 7.76. The van der Waals surface area contributed by atoms with Crippen molar-refractivity contribution in [1.82, 2.24) is 9.55 Å². The monoisotopic (exact) mass is 396 g/mol. The molecule has 1 aromatic heterocycles. The number of aromatic amines is 1. The highest BCUT2D eigenvalue weighted by molar-refractivity contribution is 6.03. The highest BCUT2D eigenvalue weighted by Crippen LogP contribution is 2.28. The largest absolute Gasteiger partial charge is 0.494 e. The number of halogens is 3. The number of alkyl halides is 3. The third kappa shape index (κ3) is 4.37. The number of carbonyl (C=O) groups excluding carboxylic acids is 1. The van der Waals surface area contributed by atoms with Crippen molar-refractivity contribution < 1.29 is 23.1 Å². The molecule has 8 nitrogen and oxygen atoms in total. The van der Waals surface area contributed by atoms with Gasteiger partial charge in [0.25, 0.3) is 5.56 Å². The molecule has 0 fully saturated rings. The number of aliphatic imine (C=N–C) groups is 1. The van der Waals surface area contributed by atoms with E-state index in [1.54, 1.807) is 5.32 Å². The molecule has 0 atom stereocenters. The van der Waals surface area contributed by atoms with Crippen LogP contribution < -0.4 is 16.6 Å². The van der Waals surface area contributed by atoms with E-state index in [0.29, 0.717) is 0 Å². The van der Waals surface area contributed by atoms with Crippen molar-refractivity contribution in [2.24, 2.45) is 4.99 Å². The van der Waals surface area contributed by atoms with Crippen molar-refractivity contribution in [3.63, 3.8) is 0 Å². The van der Waals surface area contributed by atoms with Crippen LogP contribution in [0.15, 0.2) is 51.5 Å². The molecule has 0 aliphatic carbocycles. The fraction of sp³-hybridized carbons (Fsp3) is 0.176. The van der Waals surface area contributed by atoms with Crippen LogP contribution >= 0.6 is 0 Å². The quantitative estimate of drug-likeness (QED) is 0.530. The summed E-state index contributed by atoms with van der Waals surface area (Å²) in [5.74, 6) is -2.86. The van der Waals surface area contributed by atoms with Gasteiger partial charge in [-0.2, -0.15) is 13.2 Å². The molecule has 2 rings (SSSR count). The van der Waals surface area contributed by atoms with Crippen LogP contribution in [0.2, 0.25) is 0 Å². The number of aromatic hydroxyl groups is 1. The Hall–Kier alpha value is -3.63. The van der Waals surface area contributed by atoms with Crippen LogP contribution in [0.1, 0.15) is 12.5 Å². The van der Waals surface area contributed by atoms with Gasteiger partial charge in [0, 0.05) is 6.54 Å². The van der Waals surface area contributed by atoms with E-state index in [2.05, 4.69) is 11.6 Å². The number of nitrogens with zero attached hydrogens (tertiary/aromatic N) is 2. The van der Waals surface area contributed by atoms with Crippen molar-refractivity contribution >= 4 is 23.0 Å². The van der Waals surface area contributed by atoms with Gasteiger partial charge in [0.2, 0.25) is 5.88 Å². The van der Waals surface area contributed by atoms with Crippen LogP contribution in [-0.4, -0.2) is 32.5 Å². The number of H-pyrrole nitrogens is 1.